The third-order valence-electron chi connectivity index (χ3n) is 9.55. The summed E-state index contributed by atoms with van der Waals surface area (Å²) >= 11 is 0. The Morgan fingerprint density at radius 3 is 1.30 bits per heavy atom. The maximum Gasteiger partial charge on any atom is 0.220 e. The van der Waals surface area contributed by atoms with E-state index in [9.17, 15) is 15.0 Å². The second-order valence-electron chi connectivity index (χ2n) is 14.7. The fraction of sp³-hybridized carbons (Fsp3) is 0.660. The van der Waals surface area contributed by atoms with Crippen LogP contribution in [0.2, 0.25) is 0 Å². The van der Waals surface area contributed by atoms with E-state index in [1.807, 2.05) is 6.08 Å². The molecule has 4 heteroatoms. The average Bonchev–Trinajstić information content (AvgIpc) is 3.18. The second kappa shape index (κ2) is 44.7. The summed E-state index contributed by atoms with van der Waals surface area (Å²) in [6.07, 6.45) is 66.6. The minimum Gasteiger partial charge on any atom is -0.394 e. The summed E-state index contributed by atoms with van der Waals surface area (Å²) in [7, 11) is 0. The number of carbonyl (C=O) groups is 1. The zero-order chi connectivity index (χ0) is 39.3. The van der Waals surface area contributed by atoms with Crippen LogP contribution in [0.3, 0.4) is 0 Å². The number of hydrogen-bond donors (Lipinski definition) is 3. The predicted molar refractivity (Wildman–Crippen MR) is 239 cm³/mol. The summed E-state index contributed by atoms with van der Waals surface area (Å²) in [5, 5.41) is 23.0. The number of amides is 1. The molecule has 0 saturated heterocycles. The van der Waals surface area contributed by atoms with Crippen molar-refractivity contribution in [3.8, 4) is 0 Å². The molecule has 4 nitrogen and oxygen atoms in total. The normalized spacial score (nSPS) is 13.9. The molecular weight excluding hydrogens is 663 g/mol. The highest BCUT2D eigenvalue weighted by molar-refractivity contribution is 5.76. The van der Waals surface area contributed by atoms with Crippen LogP contribution in [0.25, 0.3) is 0 Å². The molecule has 0 aromatic heterocycles. The monoisotopic (exact) mass is 748 g/mol. The van der Waals surface area contributed by atoms with E-state index in [-0.39, 0.29) is 12.5 Å². The zero-order valence-electron chi connectivity index (χ0n) is 35.2. The maximum absolute atomic E-state index is 12.4. The van der Waals surface area contributed by atoms with E-state index in [4.69, 9.17) is 0 Å². The van der Waals surface area contributed by atoms with E-state index < -0.39 is 12.1 Å². The van der Waals surface area contributed by atoms with Crippen LogP contribution >= 0.6 is 0 Å². The lowest BCUT2D eigenvalue weighted by molar-refractivity contribution is -0.123. The Labute approximate surface area is 334 Å². The molecule has 0 spiro atoms. The van der Waals surface area contributed by atoms with Crippen molar-refractivity contribution in [2.45, 2.75) is 206 Å². The zero-order valence-corrected chi connectivity index (χ0v) is 35.2. The van der Waals surface area contributed by atoms with Crippen LogP contribution in [-0.4, -0.2) is 34.9 Å². The van der Waals surface area contributed by atoms with Crippen molar-refractivity contribution in [3.05, 3.63) is 97.2 Å². The Hall–Kier alpha value is -2.69. The number of aliphatic hydroxyl groups is 2. The lowest BCUT2D eigenvalue weighted by Crippen LogP contribution is -2.45. The third kappa shape index (κ3) is 40.5. The fourth-order valence-corrected chi connectivity index (χ4v) is 6.14. The summed E-state index contributed by atoms with van der Waals surface area (Å²) in [6.45, 7) is 4.16. The minimum atomic E-state index is -0.880. The quantitative estimate of drug-likeness (QED) is 0.0433. The first-order valence-electron chi connectivity index (χ1n) is 22.5. The van der Waals surface area contributed by atoms with Gasteiger partial charge >= 0.3 is 0 Å². The van der Waals surface area contributed by atoms with Crippen molar-refractivity contribution >= 4 is 5.91 Å². The number of allylic oxidation sites excluding steroid dienone is 15. The van der Waals surface area contributed by atoms with Gasteiger partial charge in [-0.3, -0.25) is 4.79 Å². The molecule has 0 aliphatic heterocycles. The van der Waals surface area contributed by atoms with E-state index in [1.54, 1.807) is 6.08 Å². The van der Waals surface area contributed by atoms with E-state index in [0.29, 0.717) is 6.42 Å². The van der Waals surface area contributed by atoms with Crippen molar-refractivity contribution in [1.29, 1.82) is 0 Å². The Morgan fingerprint density at radius 2 is 0.833 bits per heavy atom. The van der Waals surface area contributed by atoms with Crippen molar-refractivity contribution in [2.75, 3.05) is 6.61 Å². The molecule has 308 valence electrons. The first kappa shape index (κ1) is 51.3. The van der Waals surface area contributed by atoms with E-state index in [1.165, 1.54) is 83.5 Å². The third-order valence-corrected chi connectivity index (χ3v) is 9.55. The number of aliphatic hydroxyl groups excluding tert-OH is 2. The molecule has 0 fully saturated rings. The maximum atomic E-state index is 12.4. The van der Waals surface area contributed by atoms with Gasteiger partial charge < -0.3 is 15.5 Å². The second-order valence-corrected chi connectivity index (χ2v) is 14.7. The van der Waals surface area contributed by atoms with Gasteiger partial charge in [0, 0.05) is 6.42 Å². The topological polar surface area (TPSA) is 69.6 Å². The van der Waals surface area contributed by atoms with Gasteiger partial charge in [-0.25, -0.2) is 0 Å². The molecule has 0 radical (unpaired) electrons. The lowest BCUT2D eigenvalue weighted by Gasteiger charge is -2.19. The van der Waals surface area contributed by atoms with Crippen LogP contribution in [0.1, 0.15) is 194 Å². The highest BCUT2D eigenvalue weighted by atomic mass is 16.3. The Balaban J connectivity index is 3.73. The Bertz CT molecular complexity index is 1030. The van der Waals surface area contributed by atoms with Gasteiger partial charge in [0.2, 0.25) is 5.91 Å². The molecule has 54 heavy (non-hydrogen) atoms. The number of rotatable bonds is 39. The van der Waals surface area contributed by atoms with Crippen LogP contribution in [0.15, 0.2) is 97.2 Å². The summed E-state index contributed by atoms with van der Waals surface area (Å²) in [5.41, 5.74) is 0. The first-order chi connectivity index (χ1) is 26.7. The molecule has 0 aromatic carbocycles. The Kier molecular flexibility index (Phi) is 42.5. The van der Waals surface area contributed by atoms with Crippen LogP contribution in [0, 0.1) is 0 Å². The number of unbranched alkanes of at least 4 members (excludes halogenated alkanes) is 18. The van der Waals surface area contributed by atoms with Gasteiger partial charge in [-0.1, -0.05) is 201 Å². The molecule has 2 atom stereocenters. The minimum absolute atomic E-state index is 0.102. The highest BCUT2D eigenvalue weighted by Crippen LogP contribution is 2.13. The molecule has 0 bridgehead atoms. The van der Waals surface area contributed by atoms with Crippen molar-refractivity contribution in [1.82, 2.24) is 5.32 Å². The largest absolute Gasteiger partial charge is 0.394 e. The van der Waals surface area contributed by atoms with Crippen LogP contribution in [-0.2, 0) is 4.79 Å². The molecule has 2 unspecified atom stereocenters. The van der Waals surface area contributed by atoms with E-state index >= 15 is 0 Å². The van der Waals surface area contributed by atoms with Crippen LogP contribution in [0.4, 0.5) is 0 Å². The van der Waals surface area contributed by atoms with Gasteiger partial charge in [0.1, 0.15) is 0 Å². The highest BCUT2D eigenvalue weighted by Gasteiger charge is 2.17. The summed E-state index contributed by atoms with van der Waals surface area (Å²) in [4.78, 5) is 12.4. The van der Waals surface area contributed by atoms with Gasteiger partial charge in [-0.05, 0) is 83.5 Å². The number of hydrogen-bond acceptors (Lipinski definition) is 3. The van der Waals surface area contributed by atoms with Crippen LogP contribution in [0.5, 0.6) is 0 Å². The smallest absolute Gasteiger partial charge is 0.220 e. The van der Waals surface area contributed by atoms with Crippen molar-refractivity contribution in [2.24, 2.45) is 0 Å². The predicted octanol–water partition coefficient (Wildman–Crippen LogP) is 14.2. The molecule has 0 aliphatic carbocycles. The molecule has 3 N–H and O–H groups in total. The number of carbonyl (C=O) groups excluding carboxylic acids is 1. The summed E-state index contributed by atoms with van der Waals surface area (Å²) < 4.78 is 0. The van der Waals surface area contributed by atoms with E-state index in [0.717, 1.165) is 89.9 Å². The van der Waals surface area contributed by atoms with Gasteiger partial charge in [0.15, 0.2) is 0 Å². The molecule has 0 aromatic rings. The van der Waals surface area contributed by atoms with Gasteiger partial charge in [-0.2, -0.15) is 0 Å². The Morgan fingerprint density at radius 1 is 0.463 bits per heavy atom. The summed E-state index contributed by atoms with van der Waals surface area (Å²) in [6, 6.07) is -0.659. The first-order valence-corrected chi connectivity index (χ1v) is 22.5. The molecule has 0 saturated carbocycles. The summed E-state index contributed by atoms with van der Waals surface area (Å²) in [5.74, 6) is -0.102. The van der Waals surface area contributed by atoms with Crippen LogP contribution < -0.4 is 5.32 Å². The van der Waals surface area contributed by atoms with Gasteiger partial charge in [-0.15, -0.1) is 0 Å². The fourth-order valence-electron chi connectivity index (χ4n) is 6.14. The molecule has 0 heterocycles. The van der Waals surface area contributed by atoms with Gasteiger partial charge in [0.05, 0.1) is 18.8 Å². The SMILES string of the molecule is CC/C=C\C/C=C\C/C=C\C/C=C\C/C=C\C/C=C\CCCCCCC(=O)NC(CO)C(O)/C=C/CC/C=C/CCCCCCCCCCCCCCC. The molecule has 1 amide bonds. The molecule has 0 rings (SSSR count). The van der Waals surface area contributed by atoms with Crippen molar-refractivity contribution < 1.29 is 15.0 Å². The standard InChI is InChI=1S/C50H85NO3/c1-3-5-7-9-11-13-15-17-19-21-23-24-25-26-28-30-32-34-36-38-40-42-44-46-50(54)51-48(47-52)49(53)45-43-41-39-37-35-33-31-29-27-22-20-18-16-14-12-10-8-6-4-2/h5,7,11,13,17,19,23-24,26,28,32,34-35,37,43,45,48-49,52-53H,3-4,6,8-10,12,14-16,18,20-22,25,27,29-31,33,36,38-42,44,46-47H2,1-2H3,(H,51,54)/b7-5-,13-11-,19-17-,24-23-,28-26-,34-32-,37-35+,45-43+. The lowest BCUT2D eigenvalue weighted by atomic mass is 10.0. The van der Waals surface area contributed by atoms with E-state index in [2.05, 4.69) is 104 Å². The molecule has 0 aliphatic rings. The molecular formula is C50H85NO3. The van der Waals surface area contributed by atoms with Gasteiger partial charge in [0.25, 0.3) is 0 Å². The average molecular weight is 748 g/mol. The number of nitrogens with one attached hydrogen (secondary N) is 1. The van der Waals surface area contributed by atoms with Crippen molar-refractivity contribution in [3.63, 3.8) is 0 Å².